The summed E-state index contributed by atoms with van der Waals surface area (Å²) in [6.45, 7) is 8.00. The molecule has 164 valence electrons. The van der Waals surface area contributed by atoms with E-state index in [0.717, 1.165) is 43.4 Å². The summed E-state index contributed by atoms with van der Waals surface area (Å²) in [5, 5.41) is 0. The molecular weight excluding hydrogens is 378 g/mol. The van der Waals surface area contributed by atoms with Crippen molar-refractivity contribution in [3.8, 4) is 5.75 Å². The van der Waals surface area contributed by atoms with Gasteiger partial charge in [0.1, 0.15) is 5.75 Å². The molecule has 3 fully saturated rings. The van der Waals surface area contributed by atoms with Gasteiger partial charge in [0, 0.05) is 38.3 Å². The largest absolute Gasteiger partial charge is 0.497 e. The van der Waals surface area contributed by atoms with Crippen molar-refractivity contribution in [2.75, 3.05) is 51.3 Å². The minimum absolute atomic E-state index is 0.0366. The summed E-state index contributed by atoms with van der Waals surface area (Å²) in [5.74, 6) is 2.14. The number of methoxy groups -OCH3 is 1. The summed E-state index contributed by atoms with van der Waals surface area (Å²) in [6, 6.07) is 7.49. The van der Waals surface area contributed by atoms with E-state index in [1.165, 1.54) is 32.4 Å². The van der Waals surface area contributed by atoms with Crippen molar-refractivity contribution in [3.05, 3.63) is 24.3 Å². The molecule has 0 spiro atoms. The number of benzene rings is 1. The van der Waals surface area contributed by atoms with Crippen molar-refractivity contribution in [2.45, 2.75) is 39.0 Å². The molecule has 2 atom stereocenters. The van der Waals surface area contributed by atoms with E-state index in [0.29, 0.717) is 18.9 Å². The molecule has 0 N–H and O–H groups in total. The Morgan fingerprint density at radius 1 is 1.07 bits per heavy atom. The molecule has 4 rings (SSSR count). The van der Waals surface area contributed by atoms with Crippen LogP contribution in [0.1, 0.15) is 39.0 Å². The Morgan fingerprint density at radius 2 is 1.80 bits per heavy atom. The normalized spacial score (nSPS) is 26.3. The number of ether oxygens (including phenoxy) is 1. The lowest BCUT2D eigenvalue weighted by atomic mass is 9.93. The van der Waals surface area contributed by atoms with Crippen molar-refractivity contribution in [1.29, 1.82) is 0 Å². The van der Waals surface area contributed by atoms with Gasteiger partial charge in [-0.25, -0.2) is 0 Å². The molecule has 1 aromatic carbocycles. The summed E-state index contributed by atoms with van der Waals surface area (Å²) >= 11 is 0. The second kappa shape index (κ2) is 9.38. The molecule has 3 heterocycles. The van der Waals surface area contributed by atoms with E-state index in [1.54, 1.807) is 12.0 Å². The zero-order chi connectivity index (χ0) is 21.1. The first-order valence-electron chi connectivity index (χ1n) is 11.5. The monoisotopic (exact) mass is 413 g/mol. The fourth-order valence-electron chi connectivity index (χ4n) is 5.17. The molecule has 2 amide bonds. The van der Waals surface area contributed by atoms with Crippen LogP contribution in [0.2, 0.25) is 0 Å². The van der Waals surface area contributed by atoms with Crippen LogP contribution in [0, 0.1) is 17.8 Å². The first-order chi connectivity index (χ1) is 14.5. The van der Waals surface area contributed by atoms with Crippen molar-refractivity contribution in [1.82, 2.24) is 9.80 Å². The van der Waals surface area contributed by atoms with Gasteiger partial charge in [-0.1, -0.05) is 6.92 Å². The number of hydrogen-bond donors (Lipinski definition) is 0. The Morgan fingerprint density at radius 3 is 2.50 bits per heavy atom. The topological polar surface area (TPSA) is 53.1 Å². The Labute approximate surface area is 180 Å². The summed E-state index contributed by atoms with van der Waals surface area (Å²) in [4.78, 5) is 32.2. The quantitative estimate of drug-likeness (QED) is 0.745. The van der Waals surface area contributed by atoms with Gasteiger partial charge < -0.3 is 19.4 Å². The van der Waals surface area contributed by atoms with Crippen LogP contribution < -0.4 is 9.64 Å². The summed E-state index contributed by atoms with van der Waals surface area (Å²) in [6.07, 6.45) is 5.18. The van der Waals surface area contributed by atoms with Crippen molar-refractivity contribution < 1.29 is 14.3 Å². The third-order valence-corrected chi connectivity index (χ3v) is 7.08. The van der Waals surface area contributed by atoms with Crippen LogP contribution in [-0.2, 0) is 9.59 Å². The van der Waals surface area contributed by atoms with E-state index >= 15 is 0 Å². The average molecular weight is 414 g/mol. The van der Waals surface area contributed by atoms with Crippen molar-refractivity contribution in [2.24, 2.45) is 17.8 Å². The Hall–Kier alpha value is -2.08. The highest BCUT2D eigenvalue weighted by Crippen LogP contribution is 2.29. The molecule has 0 radical (unpaired) electrons. The number of amides is 2. The lowest BCUT2D eigenvalue weighted by Gasteiger charge is -2.38. The van der Waals surface area contributed by atoms with E-state index in [-0.39, 0.29) is 17.7 Å². The third kappa shape index (κ3) is 4.80. The maximum atomic E-state index is 13.2. The molecule has 3 saturated heterocycles. The highest BCUT2D eigenvalue weighted by atomic mass is 16.5. The fraction of sp³-hybridized carbons (Fsp3) is 0.667. The second-order valence-corrected chi connectivity index (χ2v) is 9.38. The minimum atomic E-state index is -0.228. The zero-order valence-electron chi connectivity index (χ0n) is 18.4. The molecular formula is C24H35N3O3. The fourth-order valence-corrected chi connectivity index (χ4v) is 5.17. The molecule has 0 aliphatic carbocycles. The number of nitrogens with zero attached hydrogens (tertiary/aromatic N) is 3. The molecule has 30 heavy (non-hydrogen) atoms. The smallest absolute Gasteiger partial charge is 0.228 e. The standard InChI is InChI=1S/C24H35N3O3/c1-18-9-12-25(13-10-18)15-19-4-3-11-26(16-19)24(29)20-14-23(28)27(17-20)21-5-7-22(30-2)8-6-21/h5-8,18-20H,3-4,9-17H2,1-2H3. The SMILES string of the molecule is COc1ccc(N2CC(C(=O)N3CCCC(CN4CCC(C)CC4)C3)CC2=O)cc1. The number of anilines is 1. The first-order valence-corrected chi connectivity index (χ1v) is 11.5. The number of likely N-dealkylation sites (tertiary alicyclic amines) is 2. The summed E-state index contributed by atoms with van der Waals surface area (Å²) in [5.41, 5.74) is 0.840. The van der Waals surface area contributed by atoms with Gasteiger partial charge in [-0.05, 0) is 74.9 Å². The molecule has 3 aliphatic rings. The summed E-state index contributed by atoms with van der Waals surface area (Å²) in [7, 11) is 1.63. The first kappa shape index (κ1) is 21.2. The van der Waals surface area contributed by atoms with Crippen LogP contribution in [0.4, 0.5) is 5.69 Å². The molecule has 2 unspecified atom stereocenters. The highest BCUT2D eigenvalue weighted by molar-refractivity contribution is 6.00. The Kier molecular flexibility index (Phi) is 6.61. The zero-order valence-corrected chi connectivity index (χ0v) is 18.4. The maximum absolute atomic E-state index is 13.2. The predicted octanol–water partition coefficient (Wildman–Crippen LogP) is 3.02. The number of carbonyl (C=O) groups is 2. The van der Waals surface area contributed by atoms with Gasteiger partial charge >= 0.3 is 0 Å². The van der Waals surface area contributed by atoms with Crippen LogP contribution in [0.15, 0.2) is 24.3 Å². The van der Waals surface area contributed by atoms with Gasteiger partial charge in [-0.2, -0.15) is 0 Å². The van der Waals surface area contributed by atoms with Crippen LogP contribution >= 0.6 is 0 Å². The minimum Gasteiger partial charge on any atom is -0.497 e. The van der Waals surface area contributed by atoms with Crippen LogP contribution in [-0.4, -0.2) is 68.0 Å². The van der Waals surface area contributed by atoms with Gasteiger partial charge in [0.25, 0.3) is 0 Å². The Balaban J connectivity index is 1.32. The van der Waals surface area contributed by atoms with Crippen LogP contribution in [0.25, 0.3) is 0 Å². The van der Waals surface area contributed by atoms with E-state index < -0.39 is 0 Å². The van der Waals surface area contributed by atoms with Gasteiger partial charge in [0.15, 0.2) is 0 Å². The second-order valence-electron chi connectivity index (χ2n) is 9.38. The Bertz CT molecular complexity index is 743. The third-order valence-electron chi connectivity index (χ3n) is 7.08. The van der Waals surface area contributed by atoms with Gasteiger partial charge in [0.2, 0.25) is 11.8 Å². The number of hydrogen-bond acceptors (Lipinski definition) is 4. The molecule has 1 aromatic rings. The van der Waals surface area contributed by atoms with Gasteiger partial charge in [-0.3, -0.25) is 9.59 Å². The van der Waals surface area contributed by atoms with Gasteiger partial charge in [0.05, 0.1) is 13.0 Å². The molecule has 6 heteroatoms. The van der Waals surface area contributed by atoms with Gasteiger partial charge in [-0.15, -0.1) is 0 Å². The summed E-state index contributed by atoms with van der Waals surface area (Å²) < 4.78 is 5.20. The molecule has 0 bridgehead atoms. The van der Waals surface area contributed by atoms with Crippen LogP contribution in [0.5, 0.6) is 5.75 Å². The van der Waals surface area contributed by atoms with E-state index in [9.17, 15) is 9.59 Å². The van der Waals surface area contributed by atoms with E-state index in [4.69, 9.17) is 4.74 Å². The lowest BCUT2D eigenvalue weighted by molar-refractivity contribution is -0.137. The molecule has 6 nitrogen and oxygen atoms in total. The predicted molar refractivity (Wildman–Crippen MR) is 118 cm³/mol. The number of carbonyl (C=O) groups excluding carboxylic acids is 2. The average Bonchev–Trinajstić information content (AvgIpc) is 3.16. The maximum Gasteiger partial charge on any atom is 0.228 e. The lowest BCUT2D eigenvalue weighted by Crippen LogP contribution is -2.47. The number of piperidine rings is 2. The van der Waals surface area contributed by atoms with Crippen molar-refractivity contribution >= 4 is 17.5 Å². The van der Waals surface area contributed by atoms with E-state index in [2.05, 4.69) is 11.8 Å². The van der Waals surface area contributed by atoms with E-state index in [1.807, 2.05) is 29.2 Å². The van der Waals surface area contributed by atoms with Crippen molar-refractivity contribution in [3.63, 3.8) is 0 Å². The number of rotatable bonds is 5. The van der Waals surface area contributed by atoms with Crippen LogP contribution in [0.3, 0.4) is 0 Å². The highest BCUT2D eigenvalue weighted by Gasteiger charge is 2.38. The molecule has 3 aliphatic heterocycles. The molecule has 0 saturated carbocycles. The molecule has 0 aromatic heterocycles.